The van der Waals surface area contributed by atoms with Gasteiger partial charge in [-0.25, -0.2) is 0 Å². The fourth-order valence-electron chi connectivity index (χ4n) is 12.6. The normalized spacial score (nSPS) is 13.5. The summed E-state index contributed by atoms with van der Waals surface area (Å²) in [4.78, 5) is 77.7. The van der Waals surface area contributed by atoms with Crippen LogP contribution < -0.4 is 68.9 Å². The van der Waals surface area contributed by atoms with E-state index in [9.17, 15) is 43.2 Å². The Morgan fingerprint density at radius 2 is 0.412 bits per heavy atom. The molecule has 0 aromatic heterocycles. The van der Waals surface area contributed by atoms with Crippen molar-refractivity contribution in [2.24, 2.45) is 0 Å². The van der Waals surface area contributed by atoms with Gasteiger partial charge in [0.05, 0.1) is 26.4 Å². The Balaban J connectivity index is -0.0000490. The molecule has 0 spiro atoms. The zero-order valence-electron chi connectivity index (χ0n) is 67.1. The molecule has 0 aliphatic rings. The molecule has 0 amide bonds. The largest absolute Gasteiger partial charge is 1.00 e. The molecule has 102 heavy (non-hydrogen) atoms. The average molecular weight is 1510 g/mol. The Bertz CT molecular complexity index is 1780. The average Bonchev–Trinajstić information content (AvgIpc) is 0.927. The van der Waals surface area contributed by atoms with Crippen LogP contribution in [0, 0.1) is 0 Å². The molecule has 4 atom stereocenters. The summed E-state index contributed by atoms with van der Waals surface area (Å²) in [6, 6.07) is 0. The second-order valence-corrected chi connectivity index (χ2v) is 31.9. The zero-order valence-corrected chi connectivity index (χ0v) is 72.9. The molecule has 0 rings (SSSR count). The number of phosphoric ester groups is 2. The zero-order chi connectivity index (χ0) is 73.2. The summed E-state index contributed by atoms with van der Waals surface area (Å²) in [5, 5.41) is 10.6. The second kappa shape index (κ2) is 82.0. The molecule has 1 N–H and O–H groups in total. The van der Waals surface area contributed by atoms with Crippen LogP contribution in [0.1, 0.15) is 439 Å². The van der Waals surface area contributed by atoms with E-state index in [1.807, 2.05) is 0 Å². The summed E-state index contributed by atoms with van der Waals surface area (Å²) in [6.45, 7) is 4.64. The number of ether oxygens (including phenoxy) is 4. The van der Waals surface area contributed by atoms with Crippen LogP contribution in [0.25, 0.3) is 0 Å². The molecule has 0 saturated heterocycles. The van der Waals surface area contributed by atoms with Crippen molar-refractivity contribution in [2.75, 3.05) is 39.6 Å². The van der Waals surface area contributed by atoms with Crippen molar-refractivity contribution in [1.29, 1.82) is 0 Å². The standard InChI is InChI=1S/C81H158O17P2.2Na/c1-5-9-13-17-21-25-29-33-37-41-45-49-53-57-61-65-78(83)91-71-76(97-80(85)67-63-59-55-51-47-43-39-35-31-27-23-19-15-11-7-3)73-95-99(87,88)93-69-75(82)70-94-100(89,90)96-74-77(98-81(86)68-64-60-56-52-48-44-40-36-32-28-24-20-16-12-8-4)72-92-79(84)66-62-58-54-50-46-42-38-34-30-26-22-18-14-10-6-2;;/h75-77,82H,5-74H2,1-4H3,(H,87,88)(H,89,90);;/q;2*+1/p-2/t76-,77-;;/m1../s1. The van der Waals surface area contributed by atoms with Crippen LogP contribution in [0.15, 0.2) is 0 Å². The van der Waals surface area contributed by atoms with Gasteiger partial charge in [-0.05, 0) is 25.7 Å². The van der Waals surface area contributed by atoms with Gasteiger partial charge in [0.15, 0.2) is 12.2 Å². The number of aliphatic hydroxyl groups is 1. The third-order valence-electron chi connectivity index (χ3n) is 19.1. The van der Waals surface area contributed by atoms with Crippen LogP contribution in [0.5, 0.6) is 0 Å². The van der Waals surface area contributed by atoms with Gasteiger partial charge in [0.25, 0.3) is 15.6 Å². The predicted molar refractivity (Wildman–Crippen MR) is 405 cm³/mol. The molecule has 0 heterocycles. The van der Waals surface area contributed by atoms with Gasteiger partial charge in [-0.2, -0.15) is 0 Å². The Morgan fingerprint density at radius 3 is 0.598 bits per heavy atom. The third-order valence-corrected chi connectivity index (χ3v) is 20.9. The molecular formula is C81H156Na2O17P2. The van der Waals surface area contributed by atoms with Crippen LogP contribution in [-0.2, 0) is 65.4 Å². The summed E-state index contributed by atoms with van der Waals surface area (Å²) >= 11 is 0. The first-order valence-corrected chi connectivity index (χ1v) is 45.2. The van der Waals surface area contributed by atoms with Gasteiger partial charge in [-0.1, -0.05) is 387 Å². The molecule has 0 aliphatic heterocycles. The van der Waals surface area contributed by atoms with Crippen molar-refractivity contribution >= 4 is 39.5 Å². The molecule has 0 aromatic rings. The van der Waals surface area contributed by atoms with E-state index >= 15 is 0 Å². The number of esters is 4. The van der Waals surface area contributed by atoms with Gasteiger partial charge >= 0.3 is 83.0 Å². The Labute approximate surface area is 670 Å². The number of phosphoric acid groups is 2. The van der Waals surface area contributed by atoms with Gasteiger partial charge in [0, 0.05) is 25.7 Å². The molecule has 17 nitrogen and oxygen atoms in total. The topological polar surface area (TPSA) is 243 Å². The molecule has 0 radical (unpaired) electrons. The molecule has 0 bridgehead atoms. The van der Waals surface area contributed by atoms with E-state index in [1.54, 1.807) is 0 Å². The molecule has 594 valence electrons. The smallest absolute Gasteiger partial charge is 0.756 e. The number of hydrogen-bond acceptors (Lipinski definition) is 17. The Hall–Kier alpha value is 0.0600. The fraction of sp³-hybridized carbons (Fsp3) is 0.951. The fourth-order valence-corrected chi connectivity index (χ4v) is 14.2. The van der Waals surface area contributed by atoms with E-state index in [2.05, 4.69) is 27.7 Å². The minimum Gasteiger partial charge on any atom is -0.756 e. The van der Waals surface area contributed by atoms with E-state index < -0.39 is 97.5 Å². The number of unbranched alkanes of at least 4 members (excludes halogenated alkanes) is 56. The number of hydrogen-bond donors (Lipinski definition) is 1. The van der Waals surface area contributed by atoms with Crippen molar-refractivity contribution in [1.82, 2.24) is 0 Å². The Morgan fingerprint density at radius 1 is 0.255 bits per heavy atom. The molecule has 2 unspecified atom stereocenters. The van der Waals surface area contributed by atoms with Crippen molar-refractivity contribution in [2.45, 2.75) is 457 Å². The molecule has 0 saturated carbocycles. The van der Waals surface area contributed by atoms with Gasteiger partial charge in [0.2, 0.25) is 0 Å². The SMILES string of the molecule is CCCCCCCCCCCCCCCCCC(=O)OC[C@H](COP(=O)([O-])OCC(O)COP(=O)([O-])OC[C@@H](COC(=O)CCCCCCCCCCCCCCCCC)OC(=O)CCCCCCCCCCCCCCCCC)OC(=O)CCCCCCCCCCCCCCCCC.[Na+].[Na+]. The summed E-state index contributed by atoms with van der Waals surface area (Å²) in [5.41, 5.74) is 0. The molecular weight excluding hydrogens is 1350 g/mol. The monoisotopic (exact) mass is 1510 g/mol. The second-order valence-electron chi connectivity index (χ2n) is 29.1. The van der Waals surface area contributed by atoms with Gasteiger partial charge < -0.3 is 51.9 Å². The van der Waals surface area contributed by atoms with Crippen LogP contribution in [0.2, 0.25) is 0 Å². The van der Waals surface area contributed by atoms with Crippen molar-refractivity contribution in [3.05, 3.63) is 0 Å². The molecule has 0 aromatic carbocycles. The predicted octanol–water partition coefficient (Wildman–Crippen LogP) is 17.3. The molecule has 0 fully saturated rings. The number of rotatable bonds is 82. The van der Waals surface area contributed by atoms with Crippen LogP contribution in [-0.4, -0.2) is 86.9 Å². The van der Waals surface area contributed by atoms with E-state index in [4.69, 9.17) is 37.0 Å². The Kier molecular flexibility index (Phi) is 85.4. The maximum atomic E-state index is 13.0. The summed E-state index contributed by atoms with van der Waals surface area (Å²) < 4.78 is 67.9. The number of carbonyl (C=O) groups is 4. The number of carbonyl (C=O) groups excluding carboxylic acids is 4. The van der Waals surface area contributed by atoms with Gasteiger partial charge in [-0.15, -0.1) is 0 Å². The van der Waals surface area contributed by atoms with Gasteiger partial charge in [-0.3, -0.25) is 28.3 Å². The molecule has 0 aliphatic carbocycles. The van der Waals surface area contributed by atoms with E-state index in [-0.39, 0.29) is 84.8 Å². The minimum atomic E-state index is -5.23. The maximum absolute atomic E-state index is 13.0. The van der Waals surface area contributed by atoms with Crippen molar-refractivity contribution < 1.29 is 139 Å². The third kappa shape index (κ3) is 81.1. The minimum absolute atomic E-state index is 0. The van der Waals surface area contributed by atoms with Crippen LogP contribution in [0.3, 0.4) is 0 Å². The maximum Gasteiger partial charge on any atom is 1.00 e. The quantitative estimate of drug-likeness (QED) is 0.0196. The first-order chi connectivity index (χ1) is 48.7. The summed E-state index contributed by atoms with van der Waals surface area (Å²) in [5.74, 6) is -2.19. The van der Waals surface area contributed by atoms with Crippen molar-refractivity contribution in [3.63, 3.8) is 0 Å². The van der Waals surface area contributed by atoms with E-state index in [0.29, 0.717) is 25.7 Å². The van der Waals surface area contributed by atoms with Crippen LogP contribution >= 0.6 is 15.6 Å². The van der Waals surface area contributed by atoms with E-state index in [1.165, 1.54) is 270 Å². The first-order valence-electron chi connectivity index (χ1n) is 42.2. The number of aliphatic hydroxyl groups excluding tert-OH is 1. The van der Waals surface area contributed by atoms with Crippen LogP contribution in [0.4, 0.5) is 0 Å². The van der Waals surface area contributed by atoms with E-state index in [0.717, 1.165) is 89.9 Å². The van der Waals surface area contributed by atoms with Crippen molar-refractivity contribution in [3.8, 4) is 0 Å². The van der Waals surface area contributed by atoms with Gasteiger partial charge in [0.1, 0.15) is 19.3 Å². The summed E-state index contributed by atoms with van der Waals surface area (Å²) in [7, 11) is -10.5. The molecule has 21 heteroatoms. The first kappa shape index (κ1) is 106. The summed E-state index contributed by atoms with van der Waals surface area (Å²) in [6.07, 6.45) is 67.1.